The van der Waals surface area contributed by atoms with E-state index in [0.717, 1.165) is 25.0 Å². The summed E-state index contributed by atoms with van der Waals surface area (Å²) in [5, 5.41) is 3.18. The number of aryl methyl sites for hydroxylation is 2. The lowest BCUT2D eigenvalue weighted by atomic mass is 10.1. The number of hydrogen-bond donors (Lipinski definition) is 1. The van der Waals surface area contributed by atoms with E-state index in [-0.39, 0.29) is 0 Å². The summed E-state index contributed by atoms with van der Waals surface area (Å²) < 4.78 is 2.18. The Morgan fingerprint density at radius 1 is 1.29 bits per heavy atom. The van der Waals surface area contributed by atoms with Crippen LogP contribution in [0.25, 0.3) is 11.0 Å². The van der Waals surface area contributed by atoms with Gasteiger partial charge in [-0.25, -0.2) is 4.98 Å². The molecule has 0 saturated carbocycles. The molecule has 0 aliphatic rings. The highest BCUT2D eigenvalue weighted by Crippen LogP contribution is 2.16. The van der Waals surface area contributed by atoms with Gasteiger partial charge in [-0.3, -0.25) is 0 Å². The van der Waals surface area contributed by atoms with Crippen molar-refractivity contribution in [3.05, 3.63) is 30.1 Å². The second-order valence-electron chi connectivity index (χ2n) is 4.41. The highest BCUT2D eigenvalue weighted by Gasteiger charge is 2.02. The van der Waals surface area contributed by atoms with Crippen LogP contribution in [-0.4, -0.2) is 23.1 Å². The van der Waals surface area contributed by atoms with Gasteiger partial charge in [0.2, 0.25) is 0 Å². The SMILES string of the molecule is CCn1cnc2cc(CCCCNC)ccc21. The van der Waals surface area contributed by atoms with Crippen molar-refractivity contribution in [3.63, 3.8) is 0 Å². The highest BCUT2D eigenvalue weighted by molar-refractivity contribution is 5.76. The molecule has 2 aromatic rings. The number of nitrogens with zero attached hydrogens (tertiary/aromatic N) is 2. The molecule has 1 aromatic heterocycles. The molecule has 0 radical (unpaired) electrons. The van der Waals surface area contributed by atoms with Gasteiger partial charge in [-0.05, 0) is 57.5 Å². The fourth-order valence-corrected chi connectivity index (χ4v) is 2.15. The topological polar surface area (TPSA) is 29.9 Å². The Hall–Kier alpha value is -1.35. The molecule has 0 spiro atoms. The number of aromatic nitrogens is 2. The van der Waals surface area contributed by atoms with Crippen LogP contribution in [0.15, 0.2) is 24.5 Å². The Balaban J connectivity index is 2.05. The van der Waals surface area contributed by atoms with Gasteiger partial charge >= 0.3 is 0 Å². The Bertz CT molecular complexity index is 473. The number of imidazole rings is 1. The van der Waals surface area contributed by atoms with Crippen molar-refractivity contribution < 1.29 is 0 Å². The summed E-state index contributed by atoms with van der Waals surface area (Å²) in [6.45, 7) is 4.23. The van der Waals surface area contributed by atoms with Crippen LogP contribution in [-0.2, 0) is 13.0 Å². The number of fused-ring (bicyclic) bond motifs is 1. The monoisotopic (exact) mass is 231 g/mol. The molecule has 0 aliphatic carbocycles. The minimum Gasteiger partial charge on any atom is -0.331 e. The van der Waals surface area contributed by atoms with Crippen molar-refractivity contribution in [1.82, 2.24) is 14.9 Å². The number of nitrogens with one attached hydrogen (secondary N) is 1. The van der Waals surface area contributed by atoms with Gasteiger partial charge < -0.3 is 9.88 Å². The minimum absolute atomic E-state index is 0.984. The number of benzene rings is 1. The van der Waals surface area contributed by atoms with Crippen molar-refractivity contribution in [1.29, 1.82) is 0 Å². The Labute approximate surface area is 103 Å². The zero-order chi connectivity index (χ0) is 12.1. The van der Waals surface area contributed by atoms with Crippen molar-refractivity contribution in [2.75, 3.05) is 13.6 Å². The molecule has 0 fully saturated rings. The molecule has 2 rings (SSSR count). The summed E-state index contributed by atoms with van der Waals surface area (Å²) in [6, 6.07) is 6.65. The Morgan fingerprint density at radius 3 is 2.94 bits per heavy atom. The maximum atomic E-state index is 4.45. The lowest BCUT2D eigenvalue weighted by molar-refractivity contribution is 0.677. The number of rotatable bonds is 6. The van der Waals surface area contributed by atoms with Crippen LogP contribution in [0.3, 0.4) is 0 Å². The zero-order valence-electron chi connectivity index (χ0n) is 10.7. The quantitative estimate of drug-likeness (QED) is 0.774. The molecule has 3 nitrogen and oxygen atoms in total. The molecule has 0 aliphatic heterocycles. The van der Waals surface area contributed by atoms with E-state index in [9.17, 15) is 0 Å². The average molecular weight is 231 g/mol. The molecule has 0 saturated heterocycles. The van der Waals surface area contributed by atoms with Gasteiger partial charge in [0.25, 0.3) is 0 Å². The van der Waals surface area contributed by atoms with Crippen molar-refractivity contribution >= 4 is 11.0 Å². The predicted molar refractivity (Wildman–Crippen MR) is 72.3 cm³/mol. The summed E-state index contributed by atoms with van der Waals surface area (Å²) >= 11 is 0. The molecule has 0 unspecified atom stereocenters. The van der Waals surface area contributed by atoms with E-state index < -0.39 is 0 Å². The fraction of sp³-hybridized carbons (Fsp3) is 0.500. The molecular formula is C14H21N3. The first kappa shape index (κ1) is 12.1. The standard InChI is InChI=1S/C14H21N3/c1-3-17-11-16-13-10-12(7-8-14(13)17)6-4-5-9-15-2/h7-8,10-11,15H,3-6,9H2,1-2H3. The Kier molecular flexibility index (Phi) is 4.15. The molecule has 1 N–H and O–H groups in total. The first-order chi connectivity index (χ1) is 8.35. The fourth-order valence-electron chi connectivity index (χ4n) is 2.15. The van der Waals surface area contributed by atoms with E-state index in [0.29, 0.717) is 0 Å². The van der Waals surface area contributed by atoms with Crippen LogP contribution in [0.4, 0.5) is 0 Å². The molecule has 1 aromatic carbocycles. The molecule has 92 valence electrons. The highest BCUT2D eigenvalue weighted by atomic mass is 15.0. The molecule has 17 heavy (non-hydrogen) atoms. The van der Waals surface area contributed by atoms with Gasteiger partial charge in [-0.2, -0.15) is 0 Å². The normalized spacial score (nSPS) is 11.2. The second kappa shape index (κ2) is 5.82. The summed E-state index contributed by atoms with van der Waals surface area (Å²) in [4.78, 5) is 4.45. The van der Waals surface area contributed by atoms with Gasteiger partial charge in [0.1, 0.15) is 0 Å². The Morgan fingerprint density at radius 2 is 2.18 bits per heavy atom. The molecule has 0 bridgehead atoms. The smallest absolute Gasteiger partial charge is 0.0958 e. The summed E-state index contributed by atoms with van der Waals surface area (Å²) in [6.07, 6.45) is 5.55. The number of unbranched alkanes of at least 4 members (excludes halogenated alkanes) is 1. The van der Waals surface area contributed by atoms with Crippen LogP contribution in [0.2, 0.25) is 0 Å². The maximum Gasteiger partial charge on any atom is 0.0958 e. The van der Waals surface area contributed by atoms with E-state index in [1.165, 1.54) is 23.9 Å². The van der Waals surface area contributed by atoms with E-state index >= 15 is 0 Å². The van der Waals surface area contributed by atoms with Crippen molar-refractivity contribution in [2.24, 2.45) is 0 Å². The largest absolute Gasteiger partial charge is 0.331 e. The van der Waals surface area contributed by atoms with Crippen LogP contribution < -0.4 is 5.32 Å². The van der Waals surface area contributed by atoms with Crippen LogP contribution in [0.5, 0.6) is 0 Å². The molecule has 0 amide bonds. The third-order valence-electron chi connectivity index (χ3n) is 3.17. The van der Waals surface area contributed by atoms with Crippen LogP contribution in [0.1, 0.15) is 25.3 Å². The first-order valence-electron chi connectivity index (χ1n) is 6.43. The molecular weight excluding hydrogens is 210 g/mol. The minimum atomic E-state index is 0.984. The van der Waals surface area contributed by atoms with Gasteiger partial charge in [0.15, 0.2) is 0 Å². The van der Waals surface area contributed by atoms with Gasteiger partial charge in [0.05, 0.1) is 17.4 Å². The summed E-state index contributed by atoms with van der Waals surface area (Å²) in [5.74, 6) is 0. The van der Waals surface area contributed by atoms with E-state index in [4.69, 9.17) is 0 Å². The second-order valence-corrected chi connectivity index (χ2v) is 4.41. The maximum absolute atomic E-state index is 4.45. The van der Waals surface area contributed by atoms with E-state index in [2.05, 4.69) is 40.0 Å². The molecule has 3 heteroatoms. The summed E-state index contributed by atoms with van der Waals surface area (Å²) in [7, 11) is 2.00. The summed E-state index contributed by atoms with van der Waals surface area (Å²) in [5.41, 5.74) is 3.76. The molecule has 0 atom stereocenters. The van der Waals surface area contributed by atoms with Crippen LogP contribution in [0, 0.1) is 0 Å². The van der Waals surface area contributed by atoms with Gasteiger partial charge in [-0.15, -0.1) is 0 Å². The predicted octanol–water partition coefficient (Wildman–Crippen LogP) is 2.60. The number of hydrogen-bond acceptors (Lipinski definition) is 2. The van der Waals surface area contributed by atoms with E-state index in [1.807, 2.05) is 13.4 Å². The zero-order valence-corrected chi connectivity index (χ0v) is 10.7. The lowest BCUT2D eigenvalue weighted by Crippen LogP contribution is -2.07. The van der Waals surface area contributed by atoms with Crippen molar-refractivity contribution in [3.8, 4) is 0 Å². The molecule has 1 heterocycles. The van der Waals surface area contributed by atoms with Crippen molar-refractivity contribution in [2.45, 2.75) is 32.7 Å². The van der Waals surface area contributed by atoms with Crippen LogP contribution >= 0.6 is 0 Å². The third-order valence-corrected chi connectivity index (χ3v) is 3.17. The van der Waals surface area contributed by atoms with Gasteiger partial charge in [0, 0.05) is 6.54 Å². The lowest BCUT2D eigenvalue weighted by Gasteiger charge is -2.03. The average Bonchev–Trinajstić information content (AvgIpc) is 2.77. The van der Waals surface area contributed by atoms with E-state index in [1.54, 1.807) is 0 Å². The first-order valence-corrected chi connectivity index (χ1v) is 6.43. The van der Waals surface area contributed by atoms with Gasteiger partial charge in [-0.1, -0.05) is 6.07 Å². The third kappa shape index (κ3) is 2.86.